The van der Waals surface area contributed by atoms with Crippen LogP contribution in [0.5, 0.6) is 0 Å². The first-order valence-electron chi connectivity index (χ1n) is 6.79. The van der Waals surface area contributed by atoms with Crippen LogP contribution in [-0.4, -0.2) is 43.1 Å². The fourth-order valence-corrected chi connectivity index (χ4v) is 3.34. The zero-order valence-corrected chi connectivity index (χ0v) is 12.2. The molecular formula is C15H24N2S. The molecule has 3 heteroatoms. The lowest BCUT2D eigenvalue weighted by molar-refractivity contribution is 0.183. The van der Waals surface area contributed by atoms with E-state index in [0.717, 1.165) is 19.0 Å². The van der Waals surface area contributed by atoms with E-state index in [2.05, 4.69) is 53.7 Å². The van der Waals surface area contributed by atoms with E-state index in [4.69, 9.17) is 0 Å². The highest BCUT2D eigenvalue weighted by Crippen LogP contribution is 2.18. The molecule has 2 nitrogen and oxygen atoms in total. The fraction of sp³-hybridized carbons (Fsp3) is 0.600. The highest BCUT2D eigenvalue weighted by molar-refractivity contribution is 7.98. The summed E-state index contributed by atoms with van der Waals surface area (Å²) in [6, 6.07) is 11.3. The van der Waals surface area contributed by atoms with Gasteiger partial charge >= 0.3 is 0 Å². The van der Waals surface area contributed by atoms with Crippen molar-refractivity contribution in [1.29, 1.82) is 0 Å². The topological polar surface area (TPSA) is 15.3 Å². The largest absolute Gasteiger partial charge is 0.308 e. The van der Waals surface area contributed by atoms with Gasteiger partial charge in [0.15, 0.2) is 0 Å². The van der Waals surface area contributed by atoms with E-state index in [1.54, 1.807) is 0 Å². The molecule has 2 rings (SSSR count). The van der Waals surface area contributed by atoms with Crippen molar-refractivity contribution in [2.75, 3.05) is 38.2 Å². The van der Waals surface area contributed by atoms with E-state index >= 15 is 0 Å². The lowest BCUT2D eigenvalue weighted by atomic mass is 10.0. The molecule has 1 aromatic rings. The maximum absolute atomic E-state index is 3.62. The Hall–Kier alpha value is -0.510. The Morgan fingerprint density at radius 2 is 2.17 bits per heavy atom. The standard InChI is InChI=1S/C15H24N2S/c1-13(12-18-2)10-17-9-8-16-15(11-17)14-6-4-3-5-7-14/h3-7,13,15-16H,8-12H2,1-2H3. The van der Waals surface area contributed by atoms with E-state index in [1.165, 1.54) is 24.4 Å². The van der Waals surface area contributed by atoms with Gasteiger partial charge in [0.25, 0.3) is 0 Å². The van der Waals surface area contributed by atoms with Crippen LogP contribution in [0, 0.1) is 5.92 Å². The monoisotopic (exact) mass is 264 g/mol. The minimum Gasteiger partial charge on any atom is -0.308 e. The number of nitrogens with one attached hydrogen (secondary N) is 1. The first kappa shape index (κ1) is 13.9. The molecule has 0 spiro atoms. The third-order valence-electron chi connectivity index (χ3n) is 3.48. The van der Waals surface area contributed by atoms with Crippen LogP contribution in [0.25, 0.3) is 0 Å². The fourth-order valence-electron chi connectivity index (χ4n) is 2.66. The van der Waals surface area contributed by atoms with Crippen molar-refractivity contribution in [2.24, 2.45) is 5.92 Å². The minimum absolute atomic E-state index is 0.501. The first-order valence-corrected chi connectivity index (χ1v) is 8.18. The van der Waals surface area contributed by atoms with Crippen molar-refractivity contribution in [3.63, 3.8) is 0 Å². The summed E-state index contributed by atoms with van der Waals surface area (Å²) in [5.74, 6) is 2.05. The van der Waals surface area contributed by atoms with E-state index < -0.39 is 0 Å². The van der Waals surface area contributed by atoms with Crippen molar-refractivity contribution in [2.45, 2.75) is 13.0 Å². The van der Waals surface area contributed by atoms with Gasteiger partial charge in [0.05, 0.1) is 0 Å². The summed E-state index contributed by atoms with van der Waals surface area (Å²) in [5.41, 5.74) is 1.42. The summed E-state index contributed by atoms with van der Waals surface area (Å²) >= 11 is 1.95. The van der Waals surface area contributed by atoms with E-state index in [0.29, 0.717) is 6.04 Å². The third kappa shape index (κ3) is 4.01. The second kappa shape index (κ2) is 7.17. The normalized spacial score (nSPS) is 22.9. The Labute approximate surface area is 115 Å². The molecule has 1 heterocycles. The van der Waals surface area contributed by atoms with Gasteiger partial charge in [-0.25, -0.2) is 0 Å². The van der Waals surface area contributed by atoms with Gasteiger partial charge in [-0.15, -0.1) is 0 Å². The predicted molar refractivity (Wildman–Crippen MR) is 81.2 cm³/mol. The molecule has 0 saturated carbocycles. The number of nitrogens with zero attached hydrogens (tertiary/aromatic N) is 1. The van der Waals surface area contributed by atoms with Crippen molar-refractivity contribution in [3.8, 4) is 0 Å². The Morgan fingerprint density at radius 3 is 2.89 bits per heavy atom. The highest BCUT2D eigenvalue weighted by atomic mass is 32.2. The van der Waals surface area contributed by atoms with Gasteiger partial charge in [0.2, 0.25) is 0 Å². The van der Waals surface area contributed by atoms with Crippen LogP contribution in [0.3, 0.4) is 0 Å². The van der Waals surface area contributed by atoms with Crippen LogP contribution in [0.4, 0.5) is 0 Å². The van der Waals surface area contributed by atoms with Crippen molar-refractivity contribution in [3.05, 3.63) is 35.9 Å². The zero-order chi connectivity index (χ0) is 12.8. The minimum atomic E-state index is 0.501. The van der Waals surface area contributed by atoms with Crippen molar-refractivity contribution >= 4 is 11.8 Å². The summed E-state index contributed by atoms with van der Waals surface area (Å²) in [6.45, 7) is 7.01. The summed E-state index contributed by atoms with van der Waals surface area (Å²) in [4.78, 5) is 2.61. The zero-order valence-electron chi connectivity index (χ0n) is 11.4. The average molecular weight is 264 g/mol. The van der Waals surface area contributed by atoms with Gasteiger partial charge in [-0.3, -0.25) is 4.90 Å². The van der Waals surface area contributed by atoms with E-state index in [1.807, 2.05) is 11.8 Å². The number of piperazine rings is 1. The maximum Gasteiger partial charge on any atom is 0.0449 e. The van der Waals surface area contributed by atoms with Crippen LogP contribution < -0.4 is 5.32 Å². The summed E-state index contributed by atoms with van der Waals surface area (Å²) in [7, 11) is 0. The summed E-state index contributed by atoms with van der Waals surface area (Å²) in [6.07, 6.45) is 2.20. The number of benzene rings is 1. The van der Waals surface area contributed by atoms with Gasteiger partial charge in [0.1, 0.15) is 0 Å². The van der Waals surface area contributed by atoms with Gasteiger partial charge in [-0.2, -0.15) is 11.8 Å². The summed E-state index contributed by atoms with van der Waals surface area (Å²) in [5, 5.41) is 3.62. The Kier molecular flexibility index (Phi) is 5.54. The lowest BCUT2D eigenvalue weighted by Crippen LogP contribution is -2.47. The molecule has 0 aliphatic carbocycles. The van der Waals surface area contributed by atoms with E-state index in [-0.39, 0.29) is 0 Å². The molecule has 1 fully saturated rings. The SMILES string of the molecule is CSCC(C)CN1CCNC(c2ccccc2)C1. The smallest absolute Gasteiger partial charge is 0.0449 e. The van der Waals surface area contributed by atoms with Gasteiger partial charge in [-0.05, 0) is 23.5 Å². The van der Waals surface area contributed by atoms with Crippen LogP contribution in [0.2, 0.25) is 0 Å². The number of hydrogen-bond donors (Lipinski definition) is 1. The molecule has 0 bridgehead atoms. The maximum atomic E-state index is 3.62. The molecule has 1 N–H and O–H groups in total. The molecule has 1 saturated heterocycles. The molecule has 0 aromatic heterocycles. The van der Waals surface area contributed by atoms with E-state index in [9.17, 15) is 0 Å². The van der Waals surface area contributed by atoms with Gasteiger partial charge in [0, 0.05) is 32.2 Å². The third-order valence-corrected chi connectivity index (χ3v) is 4.38. The first-order chi connectivity index (χ1) is 8.79. The molecule has 1 aliphatic rings. The number of rotatable bonds is 5. The van der Waals surface area contributed by atoms with Gasteiger partial charge < -0.3 is 5.32 Å². The van der Waals surface area contributed by atoms with Crippen molar-refractivity contribution in [1.82, 2.24) is 10.2 Å². The Bertz CT molecular complexity index is 342. The highest BCUT2D eigenvalue weighted by Gasteiger charge is 2.21. The molecule has 2 unspecified atom stereocenters. The van der Waals surface area contributed by atoms with Gasteiger partial charge in [-0.1, -0.05) is 37.3 Å². The molecular weight excluding hydrogens is 240 g/mol. The number of thioether (sulfide) groups is 1. The molecule has 2 atom stereocenters. The lowest BCUT2D eigenvalue weighted by Gasteiger charge is -2.35. The molecule has 1 aromatic carbocycles. The summed E-state index contributed by atoms with van der Waals surface area (Å²) < 4.78 is 0. The second-order valence-corrected chi connectivity index (χ2v) is 6.15. The quantitative estimate of drug-likeness (QED) is 0.880. The van der Waals surface area contributed by atoms with Crippen molar-refractivity contribution < 1.29 is 0 Å². The molecule has 100 valence electrons. The Morgan fingerprint density at radius 1 is 1.39 bits per heavy atom. The molecule has 1 aliphatic heterocycles. The Balaban J connectivity index is 1.89. The second-order valence-electron chi connectivity index (χ2n) is 5.24. The van der Waals surface area contributed by atoms with Crippen LogP contribution >= 0.6 is 11.8 Å². The predicted octanol–water partition coefficient (Wildman–Crippen LogP) is 2.63. The molecule has 18 heavy (non-hydrogen) atoms. The average Bonchev–Trinajstić information content (AvgIpc) is 2.40. The van der Waals surface area contributed by atoms with Crippen LogP contribution in [0.1, 0.15) is 18.5 Å². The molecule has 0 radical (unpaired) electrons. The number of hydrogen-bond acceptors (Lipinski definition) is 3. The van der Waals surface area contributed by atoms with Crippen LogP contribution in [-0.2, 0) is 0 Å². The van der Waals surface area contributed by atoms with Crippen LogP contribution in [0.15, 0.2) is 30.3 Å². The molecule has 0 amide bonds.